The maximum absolute atomic E-state index is 14.0. The number of ether oxygens (including phenoxy) is 2. The molecule has 42 heavy (non-hydrogen) atoms. The first-order valence-corrected chi connectivity index (χ1v) is 14.0. The topological polar surface area (TPSA) is 163 Å². The van der Waals surface area contributed by atoms with Gasteiger partial charge in [0.2, 0.25) is 11.9 Å². The summed E-state index contributed by atoms with van der Waals surface area (Å²) < 4.78 is 17.7. The van der Waals surface area contributed by atoms with Crippen LogP contribution in [0.3, 0.4) is 0 Å². The Morgan fingerprint density at radius 2 is 1.86 bits per heavy atom. The largest absolute Gasteiger partial charge is 0.491 e. The highest BCUT2D eigenvalue weighted by Gasteiger charge is 2.32. The van der Waals surface area contributed by atoms with Crippen LogP contribution in [0.25, 0.3) is 11.0 Å². The van der Waals surface area contributed by atoms with Gasteiger partial charge in [0.15, 0.2) is 23.1 Å². The number of hydrogen-bond donors (Lipinski definition) is 2. The van der Waals surface area contributed by atoms with Gasteiger partial charge in [-0.15, -0.1) is 0 Å². The third-order valence-electron chi connectivity index (χ3n) is 7.08. The van der Waals surface area contributed by atoms with Gasteiger partial charge in [0.05, 0.1) is 24.5 Å². The molecule has 4 heterocycles. The van der Waals surface area contributed by atoms with Gasteiger partial charge in [-0.1, -0.05) is 13.8 Å². The number of piperazine rings is 1. The van der Waals surface area contributed by atoms with Crippen molar-refractivity contribution in [2.45, 2.75) is 26.3 Å². The highest BCUT2D eigenvalue weighted by molar-refractivity contribution is 5.99. The summed E-state index contributed by atoms with van der Waals surface area (Å²) in [5.41, 5.74) is 13.7. The molecule has 0 saturated carbocycles. The van der Waals surface area contributed by atoms with Crippen LogP contribution in [0, 0.1) is 5.92 Å². The van der Waals surface area contributed by atoms with Crippen molar-refractivity contribution >= 4 is 40.2 Å². The van der Waals surface area contributed by atoms with E-state index < -0.39 is 6.04 Å². The number of carbonyl (C=O) groups excluding carboxylic acids is 1. The molecule has 3 aromatic heterocycles. The number of furan rings is 1. The third-order valence-corrected chi connectivity index (χ3v) is 7.08. The Morgan fingerprint density at radius 1 is 1.10 bits per heavy atom. The molecule has 13 heteroatoms. The van der Waals surface area contributed by atoms with Crippen LogP contribution in [-0.4, -0.2) is 82.9 Å². The zero-order valence-corrected chi connectivity index (χ0v) is 24.1. The van der Waals surface area contributed by atoms with Crippen molar-refractivity contribution in [2.75, 3.05) is 57.1 Å². The minimum atomic E-state index is -0.564. The predicted octanol–water partition coefficient (Wildman–Crippen LogP) is 3.00. The number of hydrogen-bond acceptors (Lipinski definition) is 10. The molecule has 13 nitrogen and oxygen atoms in total. The highest BCUT2D eigenvalue weighted by atomic mass is 16.5. The lowest BCUT2D eigenvalue weighted by atomic mass is 10.0. The zero-order chi connectivity index (χ0) is 29.6. The smallest absolute Gasteiger partial charge is 0.247 e. The van der Waals surface area contributed by atoms with Crippen LogP contribution >= 0.6 is 0 Å². The first-order valence-electron chi connectivity index (χ1n) is 14.0. The molecule has 4 aromatic rings. The summed E-state index contributed by atoms with van der Waals surface area (Å²) in [7, 11) is 1.65. The minimum Gasteiger partial charge on any atom is -0.491 e. The van der Waals surface area contributed by atoms with Crippen molar-refractivity contribution in [3.63, 3.8) is 0 Å². The number of anilines is 2. The van der Waals surface area contributed by atoms with E-state index in [2.05, 4.69) is 38.8 Å². The molecule has 0 bridgehead atoms. The van der Waals surface area contributed by atoms with Gasteiger partial charge in [-0.25, -0.2) is 9.67 Å². The molecule has 4 N–H and O–H groups in total. The van der Waals surface area contributed by atoms with Gasteiger partial charge in [0.1, 0.15) is 18.4 Å². The molecule has 0 aliphatic carbocycles. The van der Waals surface area contributed by atoms with Crippen LogP contribution in [0.2, 0.25) is 0 Å². The second kappa shape index (κ2) is 12.9. The normalized spacial score (nSPS) is 15.0. The van der Waals surface area contributed by atoms with E-state index in [1.165, 1.54) is 6.26 Å². The summed E-state index contributed by atoms with van der Waals surface area (Å²) in [5, 5.41) is 5.12. The van der Waals surface area contributed by atoms with Gasteiger partial charge >= 0.3 is 0 Å². The summed E-state index contributed by atoms with van der Waals surface area (Å²) >= 11 is 0. The monoisotopic (exact) mass is 575 g/mol. The van der Waals surface area contributed by atoms with Crippen molar-refractivity contribution < 1.29 is 18.7 Å². The number of rotatable bonds is 11. The first kappa shape index (κ1) is 28.9. The molecule has 222 valence electrons. The molecule has 1 saturated heterocycles. The lowest BCUT2D eigenvalue weighted by Gasteiger charge is -2.38. The van der Waals surface area contributed by atoms with Crippen molar-refractivity contribution in [2.24, 2.45) is 16.6 Å². The van der Waals surface area contributed by atoms with Crippen LogP contribution in [0.1, 0.15) is 32.1 Å². The number of aromatic nitrogens is 4. The van der Waals surface area contributed by atoms with E-state index in [4.69, 9.17) is 25.4 Å². The van der Waals surface area contributed by atoms with E-state index in [1.54, 1.807) is 30.1 Å². The Labute approximate surface area is 244 Å². The number of nitrogens with zero attached hydrogens (tertiary/aromatic N) is 7. The minimum absolute atomic E-state index is 0.00687. The van der Waals surface area contributed by atoms with Crippen LogP contribution in [0.4, 0.5) is 17.5 Å². The quantitative estimate of drug-likeness (QED) is 0.154. The maximum Gasteiger partial charge on any atom is 0.247 e. The Balaban J connectivity index is 1.33. The van der Waals surface area contributed by atoms with E-state index in [0.29, 0.717) is 62.6 Å². The summed E-state index contributed by atoms with van der Waals surface area (Å²) in [6.07, 6.45) is 3.69. The molecule has 1 fully saturated rings. The molecule has 1 aliphatic rings. The molecular weight excluding hydrogens is 538 g/mol. The van der Waals surface area contributed by atoms with E-state index in [1.807, 2.05) is 29.2 Å². The number of benzene rings is 1. The fourth-order valence-corrected chi connectivity index (χ4v) is 4.98. The number of nitrogens with two attached hydrogens (primary N) is 2. The standard InChI is InChI=1S/C29H37N9O4/c1-19(2)17-23(28(39)37-12-10-36(11-13-37)20-6-8-21(9-7-20)41-16-15-40-3)38-27-22(18-32-38)26(34-29(31)35-27)33-25(30)24-5-4-14-42-24/h4-9,14,18-19,23H,10-13,15-17H2,1-3H3,(H4,30,31,33,34,35)/t23-/m0/s1. The van der Waals surface area contributed by atoms with Crippen LogP contribution in [0.15, 0.2) is 58.3 Å². The number of aliphatic imine (C=N–C) groups is 1. The summed E-state index contributed by atoms with van der Waals surface area (Å²) in [5.74, 6) is 1.85. The molecule has 0 radical (unpaired) electrons. The SMILES string of the molecule is COCCOc1ccc(N2CCN(C(=O)[C@H](CC(C)C)n3ncc4c(N=C(N)c5ccco5)nc(N)nc43)CC2)cc1. The second-order valence-corrected chi connectivity index (χ2v) is 10.5. The number of amidine groups is 1. The molecule has 1 atom stereocenters. The Kier molecular flexibility index (Phi) is 8.86. The zero-order valence-electron chi connectivity index (χ0n) is 24.1. The maximum atomic E-state index is 14.0. The van der Waals surface area contributed by atoms with Crippen molar-refractivity contribution in [3.05, 3.63) is 54.6 Å². The molecule has 5 rings (SSSR count). The second-order valence-electron chi connectivity index (χ2n) is 10.5. The number of carbonyl (C=O) groups is 1. The van der Waals surface area contributed by atoms with Gasteiger partial charge in [-0.2, -0.15) is 15.1 Å². The van der Waals surface area contributed by atoms with Crippen molar-refractivity contribution in [3.8, 4) is 5.75 Å². The first-order chi connectivity index (χ1) is 20.3. The molecule has 1 aliphatic heterocycles. The van der Waals surface area contributed by atoms with Crippen LogP contribution in [0.5, 0.6) is 5.75 Å². The van der Waals surface area contributed by atoms with Gasteiger partial charge < -0.3 is 35.2 Å². The lowest BCUT2D eigenvalue weighted by molar-refractivity contribution is -0.135. The summed E-state index contributed by atoms with van der Waals surface area (Å²) in [6.45, 7) is 7.81. The van der Waals surface area contributed by atoms with E-state index in [0.717, 1.165) is 11.4 Å². The molecular formula is C29H37N9O4. The molecule has 1 aromatic carbocycles. The number of nitrogen functional groups attached to an aromatic ring is 1. The van der Waals surface area contributed by atoms with Crippen molar-refractivity contribution in [1.29, 1.82) is 0 Å². The fraction of sp³-hybridized carbons (Fsp3) is 0.414. The van der Waals surface area contributed by atoms with E-state index in [-0.39, 0.29) is 29.4 Å². The number of fused-ring (bicyclic) bond motifs is 1. The molecule has 0 unspecified atom stereocenters. The average Bonchev–Trinajstić information content (AvgIpc) is 3.67. The van der Waals surface area contributed by atoms with E-state index in [9.17, 15) is 4.79 Å². The highest BCUT2D eigenvalue weighted by Crippen LogP contribution is 2.30. The summed E-state index contributed by atoms with van der Waals surface area (Å²) in [6, 6.07) is 10.9. The summed E-state index contributed by atoms with van der Waals surface area (Å²) in [4.78, 5) is 31.3. The van der Waals surface area contributed by atoms with Crippen LogP contribution in [-0.2, 0) is 9.53 Å². The Bertz CT molecular complexity index is 1510. The Morgan fingerprint density at radius 3 is 2.52 bits per heavy atom. The van der Waals surface area contributed by atoms with Crippen LogP contribution < -0.4 is 21.1 Å². The van der Waals surface area contributed by atoms with Gasteiger partial charge in [0, 0.05) is 39.0 Å². The number of amides is 1. The molecule has 0 spiro atoms. The Hall–Kier alpha value is -4.65. The van der Waals surface area contributed by atoms with E-state index >= 15 is 0 Å². The fourth-order valence-electron chi connectivity index (χ4n) is 4.98. The molecule has 1 amide bonds. The predicted molar refractivity (Wildman–Crippen MR) is 160 cm³/mol. The van der Waals surface area contributed by atoms with Gasteiger partial charge in [-0.3, -0.25) is 4.79 Å². The number of methoxy groups -OCH3 is 1. The van der Waals surface area contributed by atoms with Gasteiger partial charge in [0.25, 0.3) is 0 Å². The third kappa shape index (κ3) is 6.46. The average molecular weight is 576 g/mol. The van der Waals surface area contributed by atoms with Gasteiger partial charge in [-0.05, 0) is 48.7 Å². The van der Waals surface area contributed by atoms with Crippen molar-refractivity contribution in [1.82, 2.24) is 24.6 Å². The lowest BCUT2D eigenvalue weighted by Crippen LogP contribution is -2.51.